The number of carbonyl (C=O) groups is 2. The van der Waals surface area contributed by atoms with Gasteiger partial charge in [0, 0.05) is 16.6 Å². The molecular weight excluding hydrogens is 363 g/mol. The summed E-state index contributed by atoms with van der Waals surface area (Å²) in [5.74, 6) is -1.08. The Morgan fingerprint density at radius 3 is 2.68 bits per heavy atom. The Kier molecular flexibility index (Phi) is 4.25. The first kappa shape index (κ1) is 14.1. The first-order valence-electron chi connectivity index (χ1n) is 5.68. The third-order valence-electron chi connectivity index (χ3n) is 2.91. The number of halogens is 1. The van der Waals surface area contributed by atoms with Crippen molar-refractivity contribution in [1.29, 1.82) is 0 Å². The number of amides is 2. The number of benzene rings is 1. The lowest BCUT2D eigenvalue weighted by Crippen LogP contribution is -2.56. The molecule has 7 heteroatoms. The molecule has 1 saturated heterocycles. The molecule has 1 aromatic rings. The number of ether oxygens (including phenoxy) is 1. The van der Waals surface area contributed by atoms with Crippen LogP contribution < -0.4 is 10.6 Å². The van der Waals surface area contributed by atoms with E-state index < -0.39 is 17.5 Å². The molecule has 1 atom stereocenters. The van der Waals surface area contributed by atoms with Gasteiger partial charge in [0.2, 0.25) is 0 Å². The molecule has 2 rings (SSSR count). The molecule has 1 aromatic carbocycles. The lowest BCUT2D eigenvalue weighted by molar-refractivity contribution is -0.144. The van der Waals surface area contributed by atoms with Crippen LogP contribution in [-0.4, -0.2) is 35.9 Å². The smallest absolute Gasteiger partial charge is 0.332 e. The van der Waals surface area contributed by atoms with E-state index >= 15 is 0 Å². The second-order valence-corrected chi connectivity index (χ2v) is 5.41. The molecule has 1 heterocycles. The number of hydrogen-bond acceptors (Lipinski definition) is 3. The number of para-hydroxylation sites is 1. The number of hydrogen-bond donors (Lipinski definition) is 3. The van der Waals surface area contributed by atoms with Crippen molar-refractivity contribution in [2.75, 3.05) is 18.5 Å². The lowest BCUT2D eigenvalue weighted by Gasteiger charge is -2.23. The summed E-state index contributed by atoms with van der Waals surface area (Å²) in [6.45, 7) is 0.317. The largest absolute Gasteiger partial charge is 0.479 e. The Bertz CT molecular complexity index is 500. The first-order valence-corrected chi connectivity index (χ1v) is 6.76. The van der Waals surface area contributed by atoms with E-state index in [-0.39, 0.29) is 13.0 Å². The molecule has 19 heavy (non-hydrogen) atoms. The Morgan fingerprint density at radius 1 is 1.37 bits per heavy atom. The molecule has 1 fully saturated rings. The van der Waals surface area contributed by atoms with Gasteiger partial charge < -0.3 is 20.5 Å². The summed E-state index contributed by atoms with van der Waals surface area (Å²) in [4.78, 5) is 23.1. The second kappa shape index (κ2) is 5.74. The zero-order valence-corrected chi connectivity index (χ0v) is 12.1. The van der Waals surface area contributed by atoms with Crippen LogP contribution in [0.25, 0.3) is 0 Å². The second-order valence-electron chi connectivity index (χ2n) is 4.25. The van der Waals surface area contributed by atoms with E-state index in [4.69, 9.17) is 4.74 Å². The van der Waals surface area contributed by atoms with Gasteiger partial charge in [0.1, 0.15) is 0 Å². The molecule has 1 aliphatic heterocycles. The van der Waals surface area contributed by atoms with Gasteiger partial charge in [0.25, 0.3) is 0 Å². The summed E-state index contributed by atoms with van der Waals surface area (Å²) in [5.41, 5.74) is -0.690. The quantitative estimate of drug-likeness (QED) is 0.701. The monoisotopic (exact) mass is 376 g/mol. The Labute approximate surface area is 123 Å². The van der Waals surface area contributed by atoms with Crippen molar-refractivity contribution in [1.82, 2.24) is 5.32 Å². The fraction of sp³-hybridized carbons (Fsp3) is 0.333. The van der Waals surface area contributed by atoms with Gasteiger partial charge in [-0.2, -0.15) is 0 Å². The number of urea groups is 1. The fourth-order valence-corrected chi connectivity index (χ4v) is 2.34. The SMILES string of the molecule is O=C(Nc1ccccc1I)NC1(C(=O)O)CCOC1. The van der Waals surface area contributed by atoms with Gasteiger partial charge in [-0.1, -0.05) is 12.1 Å². The lowest BCUT2D eigenvalue weighted by atomic mass is 9.99. The van der Waals surface area contributed by atoms with Crippen LogP contribution in [-0.2, 0) is 9.53 Å². The molecule has 1 unspecified atom stereocenters. The number of anilines is 1. The predicted molar refractivity (Wildman–Crippen MR) is 77.1 cm³/mol. The predicted octanol–water partition coefficient (Wildman–Crippen LogP) is 1.66. The fourth-order valence-electron chi connectivity index (χ4n) is 1.82. The molecule has 6 nitrogen and oxygen atoms in total. The molecule has 0 aromatic heterocycles. The molecule has 0 bridgehead atoms. The minimum Gasteiger partial charge on any atom is -0.479 e. The highest BCUT2D eigenvalue weighted by Gasteiger charge is 2.44. The average molecular weight is 376 g/mol. The maximum absolute atomic E-state index is 11.9. The Balaban J connectivity index is 2.05. The zero-order valence-electron chi connectivity index (χ0n) is 9.98. The van der Waals surface area contributed by atoms with Crippen molar-refractivity contribution in [3.05, 3.63) is 27.8 Å². The van der Waals surface area contributed by atoms with E-state index in [1.54, 1.807) is 12.1 Å². The Morgan fingerprint density at radius 2 is 2.11 bits per heavy atom. The molecular formula is C12H13IN2O4. The van der Waals surface area contributed by atoms with Crippen LogP contribution in [0.15, 0.2) is 24.3 Å². The van der Waals surface area contributed by atoms with Gasteiger partial charge in [-0.25, -0.2) is 9.59 Å². The molecule has 0 radical (unpaired) electrons. The van der Waals surface area contributed by atoms with Crippen LogP contribution in [0.4, 0.5) is 10.5 Å². The molecule has 3 N–H and O–H groups in total. The highest BCUT2D eigenvalue weighted by atomic mass is 127. The van der Waals surface area contributed by atoms with Crippen molar-refractivity contribution >= 4 is 40.3 Å². The van der Waals surface area contributed by atoms with Crippen LogP contribution >= 0.6 is 22.6 Å². The number of carboxylic acids is 1. The molecule has 102 valence electrons. The topological polar surface area (TPSA) is 87.7 Å². The van der Waals surface area contributed by atoms with Gasteiger partial charge in [-0.15, -0.1) is 0 Å². The summed E-state index contributed by atoms with van der Waals surface area (Å²) in [6, 6.07) is 6.71. The normalized spacial score (nSPS) is 21.9. The van der Waals surface area contributed by atoms with E-state index in [9.17, 15) is 14.7 Å². The van der Waals surface area contributed by atoms with E-state index in [0.717, 1.165) is 3.57 Å². The maximum atomic E-state index is 11.9. The number of nitrogens with one attached hydrogen (secondary N) is 2. The third kappa shape index (κ3) is 3.16. The summed E-state index contributed by atoms with van der Waals surface area (Å²) in [5, 5.41) is 14.3. The van der Waals surface area contributed by atoms with Crippen LogP contribution in [0, 0.1) is 3.57 Å². The van der Waals surface area contributed by atoms with Crippen molar-refractivity contribution in [2.45, 2.75) is 12.0 Å². The zero-order chi connectivity index (χ0) is 13.9. The van der Waals surface area contributed by atoms with Gasteiger partial charge in [-0.05, 0) is 34.7 Å². The molecule has 0 spiro atoms. The minimum absolute atomic E-state index is 0.0123. The standard InChI is InChI=1S/C12H13IN2O4/c13-8-3-1-2-4-9(8)14-11(18)15-12(10(16)17)5-6-19-7-12/h1-4H,5-7H2,(H,16,17)(H2,14,15,18). The van der Waals surface area contributed by atoms with Crippen molar-refractivity contribution in [3.8, 4) is 0 Å². The maximum Gasteiger partial charge on any atom is 0.332 e. The van der Waals surface area contributed by atoms with E-state index in [0.29, 0.717) is 12.3 Å². The van der Waals surface area contributed by atoms with Gasteiger partial charge in [0.15, 0.2) is 5.54 Å². The Hall–Kier alpha value is -1.35. The summed E-state index contributed by atoms with van der Waals surface area (Å²) in [7, 11) is 0. The van der Waals surface area contributed by atoms with Crippen LogP contribution in [0.5, 0.6) is 0 Å². The van der Waals surface area contributed by atoms with E-state index in [1.165, 1.54) is 0 Å². The summed E-state index contributed by atoms with van der Waals surface area (Å²) < 4.78 is 5.95. The number of carboxylic acid groups (broad SMARTS) is 1. The van der Waals surface area contributed by atoms with Crippen LogP contribution in [0.2, 0.25) is 0 Å². The number of carbonyl (C=O) groups excluding carboxylic acids is 1. The third-order valence-corrected chi connectivity index (χ3v) is 3.85. The van der Waals surface area contributed by atoms with Crippen LogP contribution in [0.1, 0.15) is 6.42 Å². The highest BCUT2D eigenvalue weighted by molar-refractivity contribution is 14.1. The van der Waals surface area contributed by atoms with E-state index in [2.05, 4.69) is 33.2 Å². The summed E-state index contributed by atoms with van der Waals surface area (Å²) >= 11 is 2.09. The molecule has 0 saturated carbocycles. The highest BCUT2D eigenvalue weighted by Crippen LogP contribution is 2.20. The van der Waals surface area contributed by atoms with E-state index in [1.807, 2.05) is 12.1 Å². The average Bonchev–Trinajstić information content (AvgIpc) is 2.82. The molecule has 1 aliphatic rings. The van der Waals surface area contributed by atoms with Gasteiger partial charge >= 0.3 is 12.0 Å². The minimum atomic E-state index is -1.33. The summed E-state index contributed by atoms with van der Waals surface area (Å²) in [6.07, 6.45) is 0.266. The number of aliphatic carboxylic acids is 1. The molecule has 2 amide bonds. The van der Waals surface area contributed by atoms with Gasteiger partial charge in [-0.3, -0.25) is 0 Å². The van der Waals surface area contributed by atoms with Crippen molar-refractivity contribution < 1.29 is 19.4 Å². The van der Waals surface area contributed by atoms with Crippen molar-refractivity contribution in [2.24, 2.45) is 0 Å². The van der Waals surface area contributed by atoms with Gasteiger partial charge in [0.05, 0.1) is 12.3 Å². The van der Waals surface area contributed by atoms with Crippen molar-refractivity contribution in [3.63, 3.8) is 0 Å². The van der Waals surface area contributed by atoms with Crippen LogP contribution in [0.3, 0.4) is 0 Å². The first-order chi connectivity index (χ1) is 9.03. The molecule has 0 aliphatic carbocycles. The number of rotatable bonds is 3.